The van der Waals surface area contributed by atoms with Crippen LogP contribution < -0.4 is 5.32 Å². The van der Waals surface area contributed by atoms with Crippen molar-refractivity contribution in [3.63, 3.8) is 0 Å². The van der Waals surface area contributed by atoms with Crippen LogP contribution in [0.25, 0.3) is 0 Å². The molecule has 2 N–H and O–H groups in total. The molecule has 0 aliphatic carbocycles. The fourth-order valence-electron chi connectivity index (χ4n) is 3.56. The molecule has 2 aromatic carbocycles. The van der Waals surface area contributed by atoms with E-state index in [2.05, 4.69) is 41.7 Å². The van der Waals surface area contributed by atoms with Gasteiger partial charge in [0.05, 0.1) is 13.2 Å². The van der Waals surface area contributed by atoms with Gasteiger partial charge in [-0.05, 0) is 12.5 Å². The number of hydrogen-bond donors (Lipinski definition) is 1. The maximum Gasteiger partial charge on any atom is 0.315 e. The smallest absolute Gasteiger partial charge is 0.315 e. The summed E-state index contributed by atoms with van der Waals surface area (Å²) >= 11 is 0. The van der Waals surface area contributed by atoms with Gasteiger partial charge in [-0.2, -0.15) is 0 Å². The number of ether oxygens (including phenoxy) is 1. The quantitative estimate of drug-likeness (QED) is 0.882. The maximum absolute atomic E-state index is 12.4. The topological polar surface area (TPSA) is 42.9 Å². The molecule has 0 aromatic heterocycles. The van der Waals surface area contributed by atoms with Crippen molar-refractivity contribution in [1.82, 2.24) is 0 Å². The van der Waals surface area contributed by atoms with E-state index in [9.17, 15) is 4.79 Å². The van der Waals surface area contributed by atoms with Gasteiger partial charge in [0.2, 0.25) is 0 Å². The van der Waals surface area contributed by atoms with Gasteiger partial charge >= 0.3 is 5.97 Å². The van der Waals surface area contributed by atoms with Crippen LogP contribution in [0, 0.1) is 5.92 Å². The highest BCUT2D eigenvalue weighted by atomic mass is 16.5. The van der Waals surface area contributed by atoms with E-state index in [0.717, 1.165) is 13.0 Å². The molecule has 1 aliphatic rings. The second kappa shape index (κ2) is 7.42. The molecule has 1 heterocycles. The molecule has 1 aliphatic heterocycles. The van der Waals surface area contributed by atoms with Crippen LogP contribution in [0.15, 0.2) is 60.7 Å². The molecule has 120 valence electrons. The lowest BCUT2D eigenvalue weighted by Gasteiger charge is -2.33. The molecule has 0 unspecified atom stereocenters. The Kier molecular flexibility index (Phi) is 5.09. The molecule has 0 saturated carbocycles. The Labute approximate surface area is 137 Å². The Morgan fingerprint density at radius 1 is 1.04 bits per heavy atom. The number of hydrogen-bond acceptors (Lipinski definition) is 2. The first-order valence-corrected chi connectivity index (χ1v) is 8.39. The minimum absolute atomic E-state index is 0.0656. The summed E-state index contributed by atoms with van der Waals surface area (Å²) in [5.74, 6) is 0.0758. The molecular weight excluding hydrogens is 286 g/mol. The molecule has 1 fully saturated rings. The molecule has 1 saturated heterocycles. The summed E-state index contributed by atoms with van der Waals surface area (Å²) in [4.78, 5) is 12.4. The van der Waals surface area contributed by atoms with Gasteiger partial charge in [-0.15, -0.1) is 0 Å². The first-order chi connectivity index (χ1) is 11.3. The first-order valence-electron chi connectivity index (χ1n) is 8.39. The summed E-state index contributed by atoms with van der Waals surface area (Å²) in [7, 11) is 0. The van der Waals surface area contributed by atoms with Gasteiger partial charge in [0.1, 0.15) is 12.0 Å². The summed E-state index contributed by atoms with van der Waals surface area (Å²) in [5.41, 5.74) is 2.57. The largest absolute Gasteiger partial charge is 0.466 e. The molecular formula is C20H24NO2+. The van der Waals surface area contributed by atoms with Gasteiger partial charge in [0.25, 0.3) is 0 Å². The number of carbonyl (C=O) groups is 1. The lowest BCUT2D eigenvalue weighted by molar-refractivity contribution is -0.709. The predicted molar refractivity (Wildman–Crippen MR) is 89.9 cm³/mol. The zero-order chi connectivity index (χ0) is 16.1. The van der Waals surface area contributed by atoms with Crippen LogP contribution >= 0.6 is 0 Å². The van der Waals surface area contributed by atoms with Crippen molar-refractivity contribution in [3.05, 3.63) is 71.8 Å². The lowest BCUT2D eigenvalue weighted by atomic mass is 9.77. The van der Waals surface area contributed by atoms with Crippen LogP contribution in [0.5, 0.6) is 0 Å². The molecule has 0 spiro atoms. The van der Waals surface area contributed by atoms with Crippen molar-refractivity contribution in [2.45, 2.75) is 25.3 Å². The van der Waals surface area contributed by atoms with Gasteiger partial charge in [-0.3, -0.25) is 4.79 Å². The van der Waals surface area contributed by atoms with Gasteiger partial charge < -0.3 is 10.1 Å². The molecule has 3 nitrogen and oxygen atoms in total. The third kappa shape index (κ3) is 3.62. The standard InChI is InChI=1S/C20H23NO2/c1-2-23-20(22)18-14-21-19(16-11-7-4-8-12-16)13-17(18)15-9-5-3-6-10-15/h3-12,17-19,21H,2,13-14H2,1H3/p+1/t17-,18-,19+/m1/s1. The highest BCUT2D eigenvalue weighted by Gasteiger charge is 2.39. The zero-order valence-corrected chi connectivity index (χ0v) is 13.5. The van der Waals surface area contributed by atoms with Gasteiger partial charge in [0, 0.05) is 17.9 Å². The number of rotatable bonds is 4. The maximum atomic E-state index is 12.4. The highest BCUT2D eigenvalue weighted by molar-refractivity contribution is 5.74. The van der Waals surface area contributed by atoms with Crippen molar-refractivity contribution >= 4 is 5.97 Å². The SMILES string of the molecule is CCOC(=O)[C@@H]1C[NH2+][C@H](c2ccccc2)C[C@@H]1c1ccccc1. The summed E-state index contributed by atoms with van der Waals surface area (Å²) in [6, 6.07) is 21.3. The molecule has 3 rings (SSSR count). The van der Waals surface area contributed by atoms with E-state index in [1.165, 1.54) is 11.1 Å². The Balaban J connectivity index is 1.85. The van der Waals surface area contributed by atoms with Gasteiger partial charge in [0.15, 0.2) is 0 Å². The fraction of sp³-hybridized carbons (Fsp3) is 0.350. The summed E-state index contributed by atoms with van der Waals surface area (Å²) in [6.45, 7) is 3.09. The average Bonchev–Trinajstić information content (AvgIpc) is 2.63. The number of carbonyl (C=O) groups excluding carboxylic acids is 1. The van der Waals surface area contributed by atoms with Crippen molar-refractivity contribution in [2.75, 3.05) is 13.2 Å². The Morgan fingerprint density at radius 3 is 2.26 bits per heavy atom. The molecule has 3 atom stereocenters. The van der Waals surface area contributed by atoms with Crippen LogP contribution in [-0.2, 0) is 9.53 Å². The van der Waals surface area contributed by atoms with E-state index in [-0.39, 0.29) is 17.8 Å². The highest BCUT2D eigenvalue weighted by Crippen LogP contribution is 2.35. The van der Waals surface area contributed by atoms with Crippen molar-refractivity contribution in [1.29, 1.82) is 0 Å². The van der Waals surface area contributed by atoms with Crippen LogP contribution in [0.4, 0.5) is 0 Å². The van der Waals surface area contributed by atoms with Gasteiger partial charge in [-0.25, -0.2) is 0 Å². The van der Waals surface area contributed by atoms with E-state index < -0.39 is 0 Å². The van der Waals surface area contributed by atoms with Gasteiger partial charge in [-0.1, -0.05) is 60.7 Å². The number of quaternary nitrogens is 1. The van der Waals surface area contributed by atoms with Crippen LogP contribution in [0.1, 0.15) is 36.4 Å². The minimum atomic E-state index is -0.0719. The van der Waals surface area contributed by atoms with Crippen molar-refractivity contribution in [2.24, 2.45) is 5.92 Å². The van der Waals surface area contributed by atoms with Crippen LogP contribution in [0.3, 0.4) is 0 Å². The number of esters is 1. The Morgan fingerprint density at radius 2 is 1.65 bits per heavy atom. The fourth-order valence-corrected chi connectivity index (χ4v) is 3.56. The summed E-state index contributed by atoms with van der Waals surface area (Å²) < 4.78 is 5.32. The van der Waals surface area contributed by atoms with E-state index in [1.807, 2.05) is 31.2 Å². The molecule has 0 bridgehead atoms. The normalized spacial score (nSPS) is 24.1. The first kappa shape index (κ1) is 15.8. The Hall–Kier alpha value is -2.13. The second-order valence-electron chi connectivity index (χ2n) is 6.10. The van der Waals surface area contributed by atoms with Crippen molar-refractivity contribution in [3.8, 4) is 0 Å². The molecule has 3 heteroatoms. The predicted octanol–water partition coefficient (Wildman–Crippen LogP) is 2.66. The number of piperidine rings is 1. The molecule has 0 amide bonds. The molecule has 0 radical (unpaired) electrons. The summed E-state index contributed by atoms with van der Waals surface area (Å²) in [6.07, 6.45) is 0.956. The molecule has 23 heavy (non-hydrogen) atoms. The third-order valence-electron chi connectivity index (χ3n) is 4.71. The van der Waals surface area contributed by atoms with E-state index >= 15 is 0 Å². The second-order valence-corrected chi connectivity index (χ2v) is 6.10. The van der Waals surface area contributed by atoms with E-state index in [4.69, 9.17) is 4.74 Å². The minimum Gasteiger partial charge on any atom is -0.466 e. The lowest BCUT2D eigenvalue weighted by Crippen LogP contribution is -2.89. The number of benzene rings is 2. The number of nitrogens with two attached hydrogens (primary N) is 1. The van der Waals surface area contributed by atoms with Crippen LogP contribution in [0.2, 0.25) is 0 Å². The van der Waals surface area contributed by atoms with Crippen molar-refractivity contribution < 1.29 is 14.8 Å². The Bertz CT molecular complexity index is 627. The third-order valence-corrected chi connectivity index (χ3v) is 4.71. The monoisotopic (exact) mass is 310 g/mol. The zero-order valence-electron chi connectivity index (χ0n) is 13.5. The molecule has 2 aromatic rings. The summed E-state index contributed by atoms with van der Waals surface area (Å²) in [5, 5.41) is 2.29. The van der Waals surface area contributed by atoms with Crippen LogP contribution in [-0.4, -0.2) is 19.1 Å². The van der Waals surface area contributed by atoms with E-state index in [0.29, 0.717) is 12.6 Å². The van der Waals surface area contributed by atoms with E-state index in [1.54, 1.807) is 0 Å². The average molecular weight is 310 g/mol.